The molecule has 176 valence electrons. The van der Waals surface area contributed by atoms with E-state index >= 15 is 0 Å². The minimum Gasteiger partial charge on any atom is -0.461 e. The molecule has 4 rings (SSSR count). The summed E-state index contributed by atoms with van der Waals surface area (Å²) in [5.41, 5.74) is 2.71. The molecule has 3 aromatic rings. The molecule has 0 saturated heterocycles. The smallest absolute Gasteiger partial charge is 0.358 e. The number of esters is 1. The average Bonchev–Trinajstić information content (AvgIpc) is 3.23. The SMILES string of the molecule is CCOC(=O)c1cc(C)n(-c2ccc([N+](=O)[O-])cc2C(=O)N2Cc3ccccc3CC2CO)n1. The third-order valence-corrected chi connectivity index (χ3v) is 5.85. The van der Waals surface area contributed by atoms with Gasteiger partial charge in [0.2, 0.25) is 0 Å². The number of aryl methyl sites for hydroxylation is 1. The molecule has 0 aliphatic carbocycles. The molecule has 0 bridgehead atoms. The quantitative estimate of drug-likeness (QED) is 0.337. The maximum absolute atomic E-state index is 13.8. The summed E-state index contributed by atoms with van der Waals surface area (Å²) >= 11 is 0. The van der Waals surface area contributed by atoms with Gasteiger partial charge in [0.25, 0.3) is 11.6 Å². The van der Waals surface area contributed by atoms with Gasteiger partial charge in [-0.3, -0.25) is 14.9 Å². The molecule has 1 unspecified atom stereocenters. The van der Waals surface area contributed by atoms with Crippen LogP contribution in [-0.2, 0) is 17.7 Å². The molecule has 0 radical (unpaired) electrons. The Balaban J connectivity index is 1.80. The van der Waals surface area contributed by atoms with E-state index in [1.165, 1.54) is 33.8 Å². The van der Waals surface area contributed by atoms with Crippen LogP contribution in [0.1, 0.15) is 44.6 Å². The standard InChI is InChI=1S/C24H24N4O6/c1-3-34-24(31)21-10-15(2)27(25-21)22-9-8-18(28(32)33)12-20(22)23(30)26-13-17-7-5-4-6-16(17)11-19(26)14-29/h4-10,12,19,29H,3,11,13-14H2,1-2H3. The average molecular weight is 464 g/mol. The predicted molar refractivity (Wildman–Crippen MR) is 122 cm³/mol. The van der Waals surface area contributed by atoms with Crippen molar-refractivity contribution in [3.05, 3.63) is 86.7 Å². The molecule has 1 amide bonds. The molecule has 1 aromatic heterocycles. The summed E-state index contributed by atoms with van der Waals surface area (Å²) in [6.45, 7) is 3.58. The number of hydrogen-bond donors (Lipinski definition) is 1. The van der Waals surface area contributed by atoms with E-state index in [0.717, 1.165) is 11.1 Å². The monoisotopic (exact) mass is 464 g/mol. The molecule has 1 aliphatic heterocycles. The molecule has 2 aromatic carbocycles. The number of benzene rings is 2. The maximum Gasteiger partial charge on any atom is 0.358 e. The Morgan fingerprint density at radius 1 is 1.21 bits per heavy atom. The topological polar surface area (TPSA) is 128 Å². The van der Waals surface area contributed by atoms with Gasteiger partial charge in [-0.15, -0.1) is 0 Å². The van der Waals surface area contributed by atoms with Gasteiger partial charge < -0.3 is 14.7 Å². The van der Waals surface area contributed by atoms with Gasteiger partial charge in [-0.1, -0.05) is 24.3 Å². The van der Waals surface area contributed by atoms with E-state index in [1.54, 1.807) is 13.8 Å². The predicted octanol–water partition coefficient (Wildman–Crippen LogP) is 2.83. The number of ether oxygens (including phenoxy) is 1. The number of non-ortho nitro benzene ring substituents is 1. The highest BCUT2D eigenvalue weighted by molar-refractivity contribution is 5.99. The number of aliphatic hydroxyl groups is 1. The minimum atomic E-state index is -0.605. The van der Waals surface area contributed by atoms with Crippen molar-refractivity contribution in [3.8, 4) is 5.69 Å². The first kappa shape index (κ1) is 23.1. The number of amides is 1. The highest BCUT2D eigenvalue weighted by Gasteiger charge is 2.32. The number of carbonyl (C=O) groups excluding carboxylic acids is 2. The number of nitrogens with zero attached hydrogens (tertiary/aromatic N) is 4. The second kappa shape index (κ2) is 9.44. The van der Waals surface area contributed by atoms with E-state index in [2.05, 4.69) is 5.10 Å². The van der Waals surface area contributed by atoms with Crippen LogP contribution < -0.4 is 0 Å². The Kier molecular flexibility index (Phi) is 6.42. The summed E-state index contributed by atoms with van der Waals surface area (Å²) in [5, 5.41) is 25.8. The molecule has 0 spiro atoms. The first-order valence-electron chi connectivity index (χ1n) is 10.8. The molecule has 2 heterocycles. The molecule has 1 atom stereocenters. The number of nitro groups is 1. The number of fused-ring (bicyclic) bond motifs is 1. The lowest BCUT2D eigenvalue weighted by Crippen LogP contribution is -2.46. The van der Waals surface area contributed by atoms with Crippen LogP contribution in [0.2, 0.25) is 0 Å². The Hall–Kier alpha value is -4.05. The number of nitro benzene ring substituents is 1. The fourth-order valence-corrected chi connectivity index (χ4v) is 4.16. The second-order valence-electron chi connectivity index (χ2n) is 8.00. The molecule has 1 N–H and O–H groups in total. The van der Waals surface area contributed by atoms with Gasteiger partial charge in [-0.2, -0.15) is 5.10 Å². The zero-order valence-electron chi connectivity index (χ0n) is 18.8. The molecule has 0 fully saturated rings. The van der Waals surface area contributed by atoms with Crippen LogP contribution in [0.3, 0.4) is 0 Å². The summed E-state index contributed by atoms with van der Waals surface area (Å²) < 4.78 is 6.41. The van der Waals surface area contributed by atoms with Gasteiger partial charge in [0.15, 0.2) is 5.69 Å². The van der Waals surface area contributed by atoms with E-state index in [4.69, 9.17) is 4.74 Å². The highest BCUT2D eigenvalue weighted by atomic mass is 16.6. The fourth-order valence-electron chi connectivity index (χ4n) is 4.16. The number of aromatic nitrogens is 2. The Labute approximate surface area is 195 Å². The van der Waals surface area contributed by atoms with Crippen LogP contribution in [-0.4, -0.2) is 55.8 Å². The van der Waals surface area contributed by atoms with Crippen LogP contribution >= 0.6 is 0 Å². The first-order chi connectivity index (χ1) is 16.3. The van der Waals surface area contributed by atoms with Crippen molar-refractivity contribution in [2.45, 2.75) is 32.9 Å². The van der Waals surface area contributed by atoms with E-state index in [9.17, 15) is 24.8 Å². The van der Waals surface area contributed by atoms with Crippen LogP contribution in [0.4, 0.5) is 5.69 Å². The van der Waals surface area contributed by atoms with Gasteiger partial charge in [0.05, 0.1) is 35.4 Å². The number of aliphatic hydroxyl groups excluding tert-OH is 1. The van der Waals surface area contributed by atoms with Crippen molar-refractivity contribution in [2.24, 2.45) is 0 Å². The van der Waals surface area contributed by atoms with Gasteiger partial charge in [0.1, 0.15) is 0 Å². The first-order valence-corrected chi connectivity index (χ1v) is 10.8. The summed E-state index contributed by atoms with van der Waals surface area (Å²) in [5.74, 6) is -1.08. The number of rotatable bonds is 6. The molecule has 10 nitrogen and oxygen atoms in total. The summed E-state index contributed by atoms with van der Waals surface area (Å²) in [6.07, 6.45) is 0.469. The van der Waals surface area contributed by atoms with Gasteiger partial charge >= 0.3 is 5.97 Å². The summed E-state index contributed by atoms with van der Waals surface area (Å²) in [4.78, 5) is 38.3. The van der Waals surface area contributed by atoms with Crippen molar-refractivity contribution in [1.29, 1.82) is 0 Å². The Bertz CT molecular complexity index is 1270. The summed E-state index contributed by atoms with van der Waals surface area (Å²) in [6, 6.07) is 12.6. The van der Waals surface area contributed by atoms with Crippen LogP contribution in [0.25, 0.3) is 5.69 Å². The van der Waals surface area contributed by atoms with Crippen molar-refractivity contribution >= 4 is 17.6 Å². The molecule has 0 saturated carbocycles. The van der Waals surface area contributed by atoms with Crippen LogP contribution in [0.5, 0.6) is 0 Å². The molecular weight excluding hydrogens is 440 g/mol. The molecule has 34 heavy (non-hydrogen) atoms. The summed E-state index contributed by atoms with van der Waals surface area (Å²) in [7, 11) is 0. The minimum absolute atomic E-state index is 0.0497. The fraction of sp³-hybridized carbons (Fsp3) is 0.292. The van der Waals surface area contributed by atoms with Gasteiger partial charge in [-0.05, 0) is 43.5 Å². The van der Waals surface area contributed by atoms with Crippen molar-refractivity contribution in [3.63, 3.8) is 0 Å². The van der Waals surface area contributed by atoms with Crippen LogP contribution in [0, 0.1) is 17.0 Å². The van der Waals surface area contributed by atoms with E-state index < -0.39 is 22.8 Å². The van der Waals surface area contributed by atoms with E-state index in [-0.39, 0.29) is 36.7 Å². The third-order valence-electron chi connectivity index (χ3n) is 5.85. The van der Waals surface area contributed by atoms with Gasteiger partial charge in [0, 0.05) is 24.4 Å². The molecular formula is C24H24N4O6. The van der Waals surface area contributed by atoms with Crippen molar-refractivity contribution in [2.75, 3.05) is 13.2 Å². The van der Waals surface area contributed by atoms with Crippen molar-refractivity contribution in [1.82, 2.24) is 14.7 Å². The normalized spacial score (nSPS) is 15.0. The maximum atomic E-state index is 13.8. The lowest BCUT2D eigenvalue weighted by Gasteiger charge is -2.36. The Morgan fingerprint density at radius 2 is 1.94 bits per heavy atom. The third kappa shape index (κ3) is 4.27. The molecule has 10 heteroatoms. The second-order valence-corrected chi connectivity index (χ2v) is 8.00. The highest BCUT2D eigenvalue weighted by Crippen LogP contribution is 2.29. The largest absolute Gasteiger partial charge is 0.461 e. The van der Waals surface area contributed by atoms with Crippen molar-refractivity contribution < 1.29 is 24.4 Å². The van der Waals surface area contributed by atoms with E-state index in [0.29, 0.717) is 17.8 Å². The van der Waals surface area contributed by atoms with E-state index in [1.807, 2.05) is 24.3 Å². The van der Waals surface area contributed by atoms with Gasteiger partial charge in [-0.25, -0.2) is 9.48 Å². The number of carbonyl (C=O) groups is 2. The number of hydrogen-bond acceptors (Lipinski definition) is 7. The zero-order chi connectivity index (χ0) is 24.4. The molecule has 1 aliphatic rings. The Morgan fingerprint density at radius 3 is 2.62 bits per heavy atom. The van der Waals surface area contributed by atoms with Crippen LogP contribution in [0.15, 0.2) is 48.5 Å². The lowest BCUT2D eigenvalue weighted by atomic mass is 9.93. The lowest BCUT2D eigenvalue weighted by molar-refractivity contribution is -0.384. The zero-order valence-corrected chi connectivity index (χ0v) is 18.8.